The summed E-state index contributed by atoms with van der Waals surface area (Å²) < 4.78 is 66.7. The normalized spacial score (nSPS) is 21.9. The van der Waals surface area contributed by atoms with Gasteiger partial charge in [-0.1, -0.05) is 18.2 Å². The van der Waals surface area contributed by atoms with Crippen LogP contribution in [0.2, 0.25) is 0 Å². The molecule has 0 aliphatic carbocycles. The van der Waals surface area contributed by atoms with Crippen LogP contribution in [0.25, 0.3) is 6.08 Å². The minimum atomic E-state index is -4.54. The van der Waals surface area contributed by atoms with E-state index in [1.54, 1.807) is 25.1 Å². The summed E-state index contributed by atoms with van der Waals surface area (Å²) in [6.45, 7) is 2.02. The lowest BCUT2D eigenvalue weighted by Crippen LogP contribution is -2.50. The summed E-state index contributed by atoms with van der Waals surface area (Å²) in [5.41, 5.74) is 0.0360. The Morgan fingerprint density at radius 3 is 2.48 bits per heavy atom. The number of halogens is 3. The molecule has 2 saturated heterocycles. The van der Waals surface area contributed by atoms with Gasteiger partial charge in [-0.25, -0.2) is 8.42 Å². The maximum absolute atomic E-state index is 13.1. The largest absolute Gasteiger partial charge is 0.416 e. The van der Waals surface area contributed by atoms with Crippen molar-refractivity contribution in [3.63, 3.8) is 0 Å². The number of hydrogen-bond donors (Lipinski definition) is 2. The Labute approximate surface area is 229 Å². The fourth-order valence-corrected chi connectivity index (χ4v) is 6.33. The molecule has 5 rings (SSSR count). The molecule has 2 amide bonds. The van der Waals surface area contributed by atoms with E-state index in [9.17, 15) is 36.3 Å². The molecule has 1 atom stereocenters. The molecule has 2 aromatic rings. The molecule has 13 heteroatoms. The van der Waals surface area contributed by atoms with E-state index >= 15 is 0 Å². The Morgan fingerprint density at radius 2 is 1.85 bits per heavy atom. The summed E-state index contributed by atoms with van der Waals surface area (Å²) in [6.07, 6.45) is -3.56. The zero-order valence-electron chi connectivity index (χ0n) is 21.5. The van der Waals surface area contributed by atoms with Crippen LogP contribution in [-0.4, -0.2) is 66.8 Å². The lowest BCUT2D eigenvalue weighted by molar-refractivity contribution is -0.137. The topological polar surface area (TPSA) is 119 Å². The van der Waals surface area contributed by atoms with Crippen LogP contribution in [0.5, 0.6) is 0 Å². The highest BCUT2D eigenvalue weighted by molar-refractivity contribution is 7.92. The number of carbonyl (C=O) groups excluding carboxylic acids is 2. The second-order valence-corrected chi connectivity index (χ2v) is 12.0. The number of aliphatic imine (C=N–C) groups is 1. The van der Waals surface area contributed by atoms with Crippen molar-refractivity contribution in [2.24, 2.45) is 4.99 Å². The number of amides is 2. The third kappa shape index (κ3) is 5.40. The lowest BCUT2D eigenvalue weighted by Gasteiger charge is -2.34. The molecule has 40 heavy (non-hydrogen) atoms. The summed E-state index contributed by atoms with van der Waals surface area (Å²) in [7, 11) is -3.84. The zero-order chi connectivity index (χ0) is 28.9. The second-order valence-electron chi connectivity index (χ2n) is 10.2. The number of hydrogen-bond acceptors (Lipinski definition) is 6. The summed E-state index contributed by atoms with van der Waals surface area (Å²) in [6, 6.07) is 9.67. The number of amidine groups is 1. The van der Waals surface area contributed by atoms with Crippen molar-refractivity contribution in [3.8, 4) is 0 Å². The molecule has 1 spiro atoms. The molecule has 0 radical (unpaired) electrons. The van der Waals surface area contributed by atoms with Gasteiger partial charge in [0.15, 0.2) is 0 Å². The first-order valence-corrected chi connectivity index (χ1v) is 14.1. The van der Waals surface area contributed by atoms with Gasteiger partial charge in [0, 0.05) is 29.7 Å². The fourth-order valence-electron chi connectivity index (χ4n) is 5.14. The van der Waals surface area contributed by atoms with Gasteiger partial charge in [-0.15, -0.1) is 0 Å². The van der Waals surface area contributed by atoms with Gasteiger partial charge in [0.25, 0.3) is 5.91 Å². The van der Waals surface area contributed by atoms with E-state index < -0.39 is 39.3 Å². The number of carbonyl (C=O) groups is 2. The Balaban J connectivity index is 1.27. The van der Waals surface area contributed by atoms with Crippen molar-refractivity contribution in [1.29, 1.82) is 0 Å². The number of nitrogens with one attached hydrogen (secondary N) is 1. The minimum Gasteiger partial charge on any atom is -0.391 e. The summed E-state index contributed by atoms with van der Waals surface area (Å²) in [4.78, 5) is 30.8. The van der Waals surface area contributed by atoms with Gasteiger partial charge >= 0.3 is 6.18 Å². The van der Waals surface area contributed by atoms with Crippen molar-refractivity contribution >= 4 is 39.4 Å². The Bertz CT molecular complexity index is 1530. The highest BCUT2D eigenvalue weighted by atomic mass is 32.2. The van der Waals surface area contributed by atoms with Gasteiger partial charge in [0.2, 0.25) is 15.9 Å². The highest BCUT2D eigenvalue weighted by Crippen LogP contribution is 2.34. The number of benzene rings is 2. The van der Waals surface area contributed by atoms with E-state index in [1.807, 2.05) is 0 Å². The quantitative estimate of drug-likeness (QED) is 0.568. The Morgan fingerprint density at radius 1 is 1.12 bits per heavy atom. The zero-order valence-corrected chi connectivity index (χ0v) is 22.3. The van der Waals surface area contributed by atoms with Crippen LogP contribution in [0, 0.1) is 6.92 Å². The van der Waals surface area contributed by atoms with E-state index in [-0.39, 0.29) is 56.2 Å². The summed E-state index contributed by atoms with van der Waals surface area (Å²) in [5.74, 6) is -0.605. The first kappa shape index (κ1) is 28.0. The van der Waals surface area contributed by atoms with Crippen molar-refractivity contribution in [3.05, 3.63) is 70.1 Å². The number of β-amino-alcohol motifs (C(OH)–C–C–N with tert-alkyl or cyclic N) is 1. The molecule has 1 unspecified atom stereocenters. The molecule has 3 heterocycles. The third-order valence-corrected chi connectivity index (χ3v) is 9.01. The predicted molar refractivity (Wildman–Crippen MR) is 142 cm³/mol. The van der Waals surface area contributed by atoms with Gasteiger partial charge < -0.3 is 15.3 Å². The van der Waals surface area contributed by atoms with Gasteiger partial charge in [0.05, 0.1) is 24.6 Å². The van der Waals surface area contributed by atoms with Crippen molar-refractivity contribution in [2.75, 3.05) is 24.5 Å². The van der Waals surface area contributed by atoms with Crippen LogP contribution in [0.4, 0.5) is 18.9 Å². The number of alkyl halides is 3. The first-order valence-electron chi connectivity index (χ1n) is 12.6. The van der Waals surface area contributed by atoms with Crippen LogP contribution in [0.15, 0.2) is 52.9 Å². The van der Waals surface area contributed by atoms with Gasteiger partial charge in [-0.2, -0.15) is 17.5 Å². The molecular formula is C27H27F3N4O5S. The summed E-state index contributed by atoms with van der Waals surface area (Å²) in [5, 5.41) is 13.4. The van der Waals surface area contributed by atoms with E-state index in [4.69, 9.17) is 0 Å². The van der Waals surface area contributed by atoms with Crippen LogP contribution in [0.1, 0.15) is 41.5 Å². The van der Waals surface area contributed by atoms with Gasteiger partial charge in [0.1, 0.15) is 11.4 Å². The van der Waals surface area contributed by atoms with Gasteiger partial charge in [-0.3, -0.25) is 14.6 Å². The molecule has 0 bridgehead atoms. The number of sulfonamides is 1. The Kier molecular flexibility index (Phi) is 7.09. The first-order chi connectivity index (χ1) is 18.8. The van der Waals surface area contributed by atoms with Gasteiger partial charge in [-0.05, 0) is 61.2 Å². The molecule has 212 valence electrons. The average molecular weight is 577 g/mol. The average Bonchev–Trinajstić information content (AvgIpc) is 3.40. The standard InChI is InChI=1S/C27H27F3N4O5S/c1-17-13-21(34-16-22(35)15-23(34)36)6-5-18(17)7-12-40(38,39)33-10-8-26(9-11-33)25(37)31-24(32-26)19-3-2-4-20(14-19)27(28,29)30/h2-7,12-14,22,35H,8-11,15-16H2,1H3,(H,31,32,37). The third-order valence-electron chi connectivity index (χ3n) is 7.44. The number of piperidine rings is 1. The minimum absolute atomic E-state index is 0.0107. The maximum atomic E-state index is 13.1. The maximum Gasteiger partial charge on any atom is 0.416 e. The van der Waals surface area contributed by atoms with E-state index in [0.717, 1.165) is 23.1 Å². The van der Waals surface area contributed by atoms with E-state index in [2.05, 4.69) is 10.3 Å². The molecule has 2 aromatic carbocycles. The molecule has 2 N–H and O–H groups in total. The number of aliphatic hydroxyl groups excluding tert-OH is 1. The molecule has 0 saturated carbocycles. The predicted octanol–water partition coefficient (Wildman–Crippen LogP) is 2.82. The Hall–Kier alpha value is -3.55. The monoisotopic (exact) mass is 576 g/mol. The lowest BCUT2D eigenvalue weighted by atomic mass is 9.89. The highest BCUT2D eigenvalue weighted by Gasteiger charge is 2.47. The molecule has 3 aliphatic rings. The number of aryl methyl sites for hydroxylation is 1. The van der Waals surface area contributed by atoms with Crippen molar-refractivity contribution < 1.29 is 36.3 Å². The van der Waals surface area contributed by atoms with E-state index in [1.165, 1.54) is 27.4 Å². The number of aliphatic hydroxyl groups is 1. The smallest absolute Gasteiger partial charge is 0.391 e. The number of anilines is 1. The molecular weight excluding hydrogens is 549 g/mol. The molecule has 2 fully saturated rings. The van der Waals surface area contributed by atoms with Crippen molar-refractivity contribution in [1.82, 2.24) is 9.62 Å². The van der Waals surface area contributed by atoms with Crippen molar-refractivity contribution in [2.45, 2.75) is 44.0 Å². The second kappa shape index (κ2) is 10.1. The van der Waals surface area contributed by atoms with Crippen LogP contribution >= 0.6 is 0 Å². The SMILES string of the molecule is Cc1cc(N2CC(O)CC2=O)ccc1C=CS(=O)(=O)N1CCC2(CC1)N=C(c1cccc(C(F)(F)F)c1)NC2=O. The van der Waals surface area contributed by atoms with Crippen LogP contribution in [-0.2, 0) is 25.8 Å². The van der Waals surface area contributed by atoms with E-state index in [0.29, 0.717) is 11.3 Å². The van der Waals surface area contributed by atoms with Crippen LogP contribution in [0.3, 0.4) is 0 Å². The fraction of sp³-hybridized carbons (Fsp3) is 0.370. The molecule has 9 nitrogen and oxygen atoms in total. The number of nitrogens with zero attached hydrogens (tertiary/aromatic N) is 3. The molecule has 0 aromatic heterocycles. The summed E-state index contributed by atoms with van der Waals surface area (Å²) >= 11 is 0. The number of rotatable bonds is 5. The molecule has 3 aliphatic heterocycles. The van der Waals surface area contributed by atoms with Crippen LogP contribution < -0.4 is 10.2 Å².